The van der Waals surface area contributed by atoms with E-state index < -0.39 is 20.2 Å². The molecule has 0 fully saturated rings. The van der Waals surface area contributed by atoms with E-state index in [4.69, 9.17) is 0 Å². The summed E-state index contributed by atoms with van der Waals surface area (Å²) in [6, 6.07) is 37.9. The topological polar surface area (TPSA) is 180 Å². The van der Waals surface area contributed by atoms with Crippen molar-refractivity contribution in [1.29, 1.82) is 0 Å². The lowest BCUT2D eigenvalue weighted by molar-refractivity contribution is -0.645. The highest BCUT2D eigenvalue weighted by molar-refractivity contribution is 7.86. The Labute approximate surface area is 337 Å². The summed E-state index contributed by atoms with van der Waals surface area (Å²) >= 11 is 0. The maximum Gasteiger partial charge on any atom is 0.255 e. The number of benzene rings is 5. The largest absolute Gasteiger partial charge is 0.744 e. The third-order valence-corrected chi connectivity index (χ3v) is 10.6. The third kappa shape index (κ3) is 11.3. The second-order valence-electron chi connectivity index (χ2n) is 13.3. The first kappa shape index (κ1) is 42.6. The van der Waals surface area contributed by atoms with Crippen molar-refractivity contribution >= 4 is 70.8 Å². The van der Waals surface area contributed by atoms with Crippen LogP contribution < -0.4 is 19.8 Å². The summed E-state index contributed by atoms with van der Waals surface area (Å²) < 4.78 is 66.4. The normalized spacial score (nSPS) is 11.1. The molecule has 58 heavy (non-hydrogen) atoms. The Hall–Kier alpha value is -6.58. The molecular formula is C44H40N4O8S2. The molecule has 0 unspecified atom stereocenters. The molecule has 0 aliphatic carbocycles. The number of aromatic nitrogens is 2. The molecule has 7 aromatic rings. The minimum absolute atomic E-state index is 0.178. The zero-order valence-electron chi connectivity index (χ0n) is 32.0. The molecule has 0 aliphatic heterocycles. The van der Waals surface area contributed by atoms with Crippen molar-refractivity contribution in [3.05, 3.63) is 175 Å². The minimum Gasteiger partial charge on any atom is -0.744 e. The standard InChI is InChI=1S/C30H24N4O2.2C7H8O3S/c1-20(29(35)31-25-12-14-27-23(18-25)6-4-16-33(27)2)21-8-10-22(11-9-21)30(36)32-26-13-15-28-24(19-26)7-5-17-34(28)3;2*1-6-2-4-7(5-3-6)11(8,9)10/h4-19H,1H2,2-3H3;2*2-5H,1H3,(H,8,9,10). The summed E-state index contributed by atoms with van der Waals surface area (Å²) in [5, 5.41) is 7.92. The number of rotatable bonds is 7. The molecule has 2 amide bonds. The first-order valence-electron chi connectivity index (χ1n) is 17.6. The van der Waals surface area contributed by atoms with Crippen LogP contribution in [0, 0.1) is 13.8 Å². The van der Waals surface area contributed by atoms with E-state index in [1.807, 2.05) is 110 Å². The fraction of sp³-hybridized carbons (Fsp3) is 0.0909. The van der Waals surface area contributed by atoms with Gasteiger partial charge in [-0.15, -0.1) is 0 Å². The van der Waals surface area contributed by atoms with Crippen molar-refractivity contribution in [1.82, 2.24) is 0 Å². The van der Waals surface area contributed by atoms with Gasteiger partial charge in [0.1, 0.15) is 34.3 Å². The molecule has 0 saturated heterocycles. The van der Waals surface area contributed by atoms with Crippen LogP contribution in [0.3, 0.4) is 0 Å². The van der Waals surface area contributed by atoms with Crippen LogP contribution in [0.2, 0.25) is 0 Å². The number of hydrogen-bond acceptors (Lipinski definition) is 8. The van der Waals surface area contributed by atoms with Gasteiger partial charge >= 0.3 is 0 Å². The summed E-state index contributed by atoms with van der Waals surface area (Å²) in [6.45, 7) is 7.60. The molecule has 2 N–H and O–H groups in total. The van der Waals surface area contributed by atoms with Crippen molar-refractivity contribution in [2.24, 2.45) is 14.1 Å². The Balaban J connectivity index is 0.000000236. The zero-order valence-corrected chi connectivity index (χ0v) is 33.7. The predicted octanol–water partition coefficient (Wildman–Crippen LogP) is 6.34. The van der Waals surface area contributed by atoms with Crippen molar-refractivity contribution in [2.45, 2.75) is 23.6 Å². The van der Waals surface area contributed by atoms with Crippen molar-refractivity contribution in [3.8, 4) is 0 Å². The van der Waals surface area contributed by atoms with E-state index in [2.05, 4.69) is 17.2 Å². The average molecular weight is 817 g/mol. The molecule has 0 bridgehead atoms. The maximum atomic E-state index is 12.8. The fourth-order valence-corrected chi connectivity index (χ4v) is 6.60. The number of amides is 2. The Morgan fingerprint density at radius 3 is 1.36 bits per heavy atom. The second-order valence-corrected chi connectivity index (χ2v) is 16.0. The van der Waals surface area contributed by atoms with Crippen LogP contribution in [0.25, 0.3) is 27.4 Å². The predicted molar refractivity (Wildman–Crippen MR) is 221 cm³/mol. The SMILES string of the molecule is C=C(C(=O)Nc1ccc2c(ccc[n+]2C)c1)c1ccc(C(=O)Nc2ccc3c(ccc[n+]3C)c2)cc1.Cc1ccc(S(=O)(=O)[O-])cc1.Cc1ccc(S(=O)(=O)[O-])cc1. The number of carbonyl (C=O) groups is 2. The Morgan fingerprint density at radius 1 is 0.552 bits per heavy atom. The highest BCUT2D eigenvalue weighted by Crippen LogP contribution is 2.21. The maximum absolute atomic E-state index is 12.8. The number of anilines is 2. The number of fused-ring (bicyclic) bond motifs is 2. The highest BCUT2D eigenvalue weighted by Gasteiger charge is 2.14. The van der Waals surface area contributed by atoms with E-state index in [0.717, 1.165) is 38.6 Å². The van der Waals surface area contributed by atoms with E-state index in [1.54, 1.807) is 48.5 Å². The first-order chi connectivity index (χ1) is 27.4. The van der Waals surface area contributed by atoms with Gasteiger partial charge in [0, 0.05) is 57.5 Å². The number of pyridine rings is 2. The van der Waals surface area contributed by atoms with Crippen molar-refractivity contribution in [2.75, 3.05) is 10.6 Å². The van der Waals surface area contributed by atoms with E-state index in [1.165, 1.54) is 24.3 Å². The Morgan fingerprint density at radius 2 is 0.948 bits per heavy atom. The minimum atomic E-state index is -4.27. The molecule has 2 aromatic heterocycles. The summed E-state index contributed by atoms with van der Waals surface area (Å²) in [5.74, 6) is -0.517. The van der Waals surface area contributed by atoms with Gasteiger partial charge in [-0.1, -0.05) is 54.1 Å². The lowest BCUT2D eigenvalue weighted by Crippen LogP contribution is -2.27. The van der Waals surface area contributed by atoms with Gasteiger partial charge in [0.25, 0.3) is 11.8 Å². The molecule has 0 radical (unpaired) electrons. The van der Waals surface area contributed by atoms with Gasteiger partial charge in [0.2, 0.25) is 11.0 Å². The molecular weight excluding hydrogens is 777 g/mol. The van der Waals surface area contributed by atoms with Gasteiger partial charge in [-0.3, -0.25) is 9.59 Å². The molecule has 5 aromatic carbocycles. The van der Waals surface area contributed by atoms with E-state index in [9.17, 15) is 35.5 Å². The van der Waals surface area contributed by atoms with Crippen LogP contribution in [0.1, 0.15) is 27.0 Å². The quantitative estimate of drug-likeness (QED) is 0.106. The molecule has 0 aliphatic rings. The summed E-state index contributed by atoms with van der Waals surface area (Å²) in [7, 11) is -4.57. The van der Waals surface area contributed by atoms with E-state index >= 15 is 0 Å². The van der Waals surface area contributed by atoms with Crippen LogP contribution >= 0.6 is 0 Å². The molecule has 0 spiro atoms. The van der Waals surface area contributed by atoms with Crippen LogP contribution in [-0.4, -0.2) is 37.8 Å². The van der Waals surface area contributed by atoms with Gasteiger partial charge in [0.05, 0.1) is 9.79 Å². The molecule has 0 atom stereocenters. The molecule has 14 heteroatoms. The number of hydrogen-bond donors (Lipinski definition) is 2. The summed E-state index contributed by atoms with van der Waals surface area (Å²) in [4.78, 5) is 25.2. The lowest BCUT2D eigenvalue weighted by atomic mass is 10.0. The van der Waals surface area contributed by atoms with Gasteiger partial charge in [-0.05, 0) is 92.2 Å². The summed E-state index contributed by atoms with van der Waals surface area (Å²) in [5.41, 5.74) is 6.88. The van der Waals surface area contributed by atoms with Crippen LogP contribution in [-0.2, 0) is 39.1 Å². The Bertz CT molecular complexity index is 2790. The lowest BCUT2D eigenvalue weighted by Gasteiger charge is -2.10. The smallest absolute Gasteiger partial charge is 0.255 e. The first-order valence-corrected chi connectivity index (χ1v) is 20.4. The monoisotopic (exact) mass is 816 g/mol. The van der Waals surface area contributed by atoms with E-state index in [-0.39, 0.29) is 21.6 Å². The van der Waals surface area contributed by atoms with Gasteiger partial charge in [-0.2, -0.15) is 0 Å². The number of nitrogens with zero attached hydrogens (tertiary/aromatic N) is 2. The summed E-state index contributed by atoms with van der Waals surface area (Å²) in [6.07, 6.45) is 3.96. The van der Waals surface area contributed by atoms with Gasteiger partial charge < -0.3 is 19.7 Å². The zero-order chi connectivity index (χ0) is 42.2. The van der Waals surface area contributed by atoms with E-state index in [0.29, 0.717) is 22.4 Å². The third-order valence-electron chi connectivity index (χ3n) is 8.89. The van der Waals surface area contributed by atoms with Gasteiger partial charge in [0.15, 0.2) is 12.4 Å². The van der Waals surface area contributed by atoms with Crippen LogP contribution in [0.15, 0.2) is 162 Å². The average Bonchev–Trinajstić information content (AvgIpc) is 3.18. The van der Waals surface area contributed by atoms with Crippen molar-refractivity contribution < 1.29 is 44.7 Å². The van der Waals surface area contributed by atoms with Gasteiger partial charge in [-0.25, -0.2) is 26.0 Å². The molecule has 2 heterocycles. The van der Waals surface area contributed by atoms with Crippen LogP contribution in [0.4, 0.5) is 11.4 Å². The molecule has 296 valence electrons. The number of carbonyl (C=O) groups excluding carboxylic acids is 2. The highest BCUT2D eigenvalue weighted by atomic mass is 32.2. The van der Waals surface area contributed by atoms with Crippen LogP contribution in [0.5, 0.6) is 0 Å². The fourth-order valence-electron chi connectivity index (χ4n) is 5.66. The second kappa shape index (κ2) is 18.1. The Kier molecular flexibility index (Phi) is 13.3. The molecule has 7 rings (SSSR count). The molecule has 12 nitrogen and oxygen atoms in total. The number of aryl methyl sites for hydroxylation is 4. The number of nitrogens with one attached hydrogen (secondary N) is 2. The van der Waals surface area contributed by atoms with Crippen molar-refractivity contribution in [3.63, 3.8) is 0 Å². The molecule has 0 saturated carbocycles.